The van der Waals surface area contributed by atoms with E-state index >= 15 is 0 Å². The lowest BCUT2D eigenvalue weighted by atomic mass is 10.2. The van der Waals surface area contributed by atoms with Crippen LogP contribution in [-0.2, 0) is 38.7 Å². The summed E-state index contributed by atoms with van der Waals surface area (Å²) >= 11 is 0. The van der Waals surface area contributed by atoms with E-state index in [1.54, 1.807) is 13.8 Å². The zero-order valence-electron chi connectivity index (χ0n) is 25.6. The Balaban J connectivity index is 1.80. The molecule has 0 heterocycles. The zero-order valence-corrected chi connectivity index (χ0v) is 27.2. The lowest BCUT2D eigenvalue weighted by molar-refractivity contribution is -0.180. The molecular weight excluding hydrogens is 658 g/mol. The molecule has 0 amide bonds. The minimum atomic E-state index is -3.67. The Bertz CT molecular complexity index is 1440. The number of rotatable bonds is 19. The van der Waals surface area contributed by atoms with E-state index in [1.807, 2.05) is 0 Å². The third-order valence-electron chi connectivity index (χ3n) is 6.07. The molecule has 0 saturated carbocycles. The number of aliphatic hydroxyl groups is 2. The van der Waals surface area contributed by atoms with Crippen LogP contribution in [-0.4, -0.2) is 102 Å². The lowest BCUT2D eigenvalue weighted by Gasteiger charge is -2.23. The fourth-order valence-electron chi connectivity index (χ4n) is 3.66. The summed E-state index contributed by atoms with van der Waals surface area (Å²) in [6.07, 6.45) is -4.30. The van der Waals surface area contributed by atoms with Gasteiger partial charge in [0.15, 0.2) is 44.3 Å². The van der Waals surface area contributed by atoms with Crippen molar-refractivity contribution in [1.29, 1.82) is 0 Å². The van der Waals surface area contributed by atoms with Crippen LogP contribution in [0.15, 0.2) is 46.2 Å². The third-order valence-corrected chi connectivity index (χ3v) is 8.26. The Morgan fingerprint density at radius 3 is 1.35 bits per heavy atom. The zero-order chi connectivity index (χ0) is 34.7. The molecule has 2 aromatic carbocycles. The second kappa shape index (κ2) is 17.5. The molecule has 0 aromatic heterocycles. The maximum absolute atomic E-state index is 13.7. The van der Waals surface area contributed by atoms with Crippen LogP contribution in [0.2, 0.25) is 0 Å². The number of hydrogen-bond acceptors (Lipinski definition) is 14. The highest BCUT2D eigenvalue weighted by atomic mass is 32.2. The van der Waals surface area contributed by atoms with E-state index in [1.165, 1.54) is 0 Å². The summed E-state index contributed by atoms with van der Waals surface area (Å²) in [5, 5.41) is 26.0. The molecule has 0 aliphatic rings. The van der Waals surface area contributed by atoms with Crippen LogP contribution in [0, 0.1) is 11.6 Å². The molecular formula is C28H38F2N2O12S2. The maximum atomic E-state index is 13.7. The number of halogens is 2. The number of esters is 2. The topological polar surface area (TPSA) is 204 Å². The van der Waals surface area contributed by atoms with Gasteiger partial charge in [-0.3, -0.25) is 10.6 Å². The van der Waals surface area contributed by atoms with Crippen molar-refractivity contribution >= 4 is 31.6 Å². The Labute approximate surface area is 265 Å². The number of sulfone groups is 2. The van der Waals surface area contributed by atoms with Crippen molar-refractivity contribution in [2.75, 3.05) is 38.8 Å². The molecule has 2 rings (SSSR count). The molecule has 18 heteroatoms. The van der Waals surface area contributed by atoms with E-state index in [4.69, 9.17) is 18.9 Å². The van der Waals surface area contributed by atoms with Crippen LogP contribution in [0.5, 0.6) is 11.5 Å². The van der Waals surface area contributed by atoms with Crippen molar-refractivity contribution in [2.45, 2.75) is 61.1 Å². The molecule has 0 radical (unpaired) electrons. The average Bonchev–Trinajstić information content (AvgIpc) is 2.97. The first kappa shape index (κ1) is 38.8. The summed E-state index contributed by atoms with van der Waals surface area (Å²) in [5.41, 5.74) is 0. The van der Waals surface area contributed by atoms with E-state index in [0.717, 1.165) is 48.9 Å². The quantitative estimate of drug-likeness (QED) is 0.0907. The fraction of sp³-hybridized carbons (Fsp3) is 0.500. The van der Waals surface area contributed by atoms with Crippen molar-refractivity contribution in [3.05, 3.63) is 48.0 Å². The minimum Gasteiger partial charge on any atom is -0.492 e. The van der Waals surface area contributed by atoms with Gasteiger partial charge >= 0.3 is 11.9 Å². The number of nitrogens with one attached hydrogen (secondary N) is 2. The van der Waals surface area contributed by atoms with Gasteiger partial charge < -0.3 is 29.2 Å². The molecule has 4 unspecified atom stereocenters. The van der Waals surface area contributed by atoms with E-state index in [9.17, 15) is 45.4 Å². The van der Waals surface area contributed by atoms with Gasteiger partial charge in [0.2, 0.25) is 0 Å². The Hall–Kier alpha value is -3.42. The molecule has 0 aliphatic carbocycles. The highest BCUT2D eigenvalue weighted by Crippen LogP contribution is 2.21. The largest absolute Gasteiger partial charge is 0.492 e. The molecule has 4 N–H and O–H groups in total. The van der Waals surface area contributed by atoms with Crippen LogP contribution in [0.4, 0.5) is 8.78 Å². The summed E-state index contributed by atoms with van der Waals surface area (Å²) in [5.74, 6) is -4.34. The first-order chi connectivity index (χ1) is 21.4. The first-order valence-corrected chi connectivity index (χ1v) is 17.7. The number of benzene rings is 2. The van der Waals surface area contributed by atoms with Gasteiger partial charge in [-0.25, -0.2) is 35.2 Å². The number of ether oxygens (including phenoxy) is 4. The van der Waals surface area contributed by atoms with Gasteiger partial charge in [0.05, 0.1) is 9.79 Å². The summed E-state index contributed by atoms with van der Waals surface area (Å²) in [6, 6.07) is 6.02. The predicted octanol–water partition coefficient (Wildman–Crippen LogP) is 0.689. The molecule has 46 heavy (non-hydrogen) atoms. The molecule has 258 valence electrons. The number of hydrogen-bond donors (Lipinski definition) is 4. The fourth-order valence-corrected chi connectivity index (χ4v) is 4.98. The SMILES string of the molecule is CCC(NCCOc1cc(F)cc(S(C)(=O)=O)c1)OC(=O)C(O)C(O)C(=O)OC(CC)NCCOc1cc(F)cc(S(C)(=O)=O)c1. The van der Waals surface area contributed by atoms with E-state index in [2.05, 4.69) is 10.6 Å². The molecule has 14 nitrogen and oxygen atoms in total. The summed E-state index contributed by atoms with van der Waals surface area (Å²) in [7, 11) is -7.33. The molecule has 0 fully saturated rings. The van der Waals surface area contributed by atoms with Gasteiger partial charge in [-0.05, 0) is 37.1 Å². The standard InChI is InChI=1S/C28H38F2N2O12S2/c1-5-23(31-7-9-41-19-11-17(29)13-21(15-19)45(3,37)38)43-27(35)25(33)26(34)28(36)44-24(6-2)32-8-10-42-20-12-18(30)14-22(16-20)46(4,39)40/h11-16,23-26,31-34H,5-10H2,1-4H3. The summed E-state index contributed by atoms with van der Waals surface area (Å²) in [6.45, 7) is 3.19. The van der Waals surface area contributed by atoms with Crippen LogP contribution in [0.25, 0.3) is 0 Å². The average molecular weight is 697 g/mol. The van der Waals surface area contributed by atoms with Crippen molar-refractivity contribution in [1.82, 2.24) is 10.6 Å². The lowest BCUT2D eigenvalue weighted by Crippen LogP contribution is -2.47. The predicted molar refractivity (Wildman–Crippen MR) is 158 cm³/mol. The van der Waals surface area contributed by atoms with Gasteiger partial charge in [-0.2, -0.15) is 0 Å². The molecule has 4 atom stereocenters. The molecule has 0 aliphatic heterocycles. The Morgan fingerprint density at radius 1 is 0.696 bits per heavy atom. The first-order valence-electron chi connectivity index (χ1n) is 13.9. The maximum Gasteiger partial charge on any atom is 0.339 e. The minimum absolute atomic E-state index is 0.0356. The van der Waals surface area contributed by atoms with E-state index in [-0.39, 0.29) is 60.4 Å². The van der Waals surface area contributed by atoms with Crippen molar-refractivity contribution in [3.63, 3.8) is 0 Å². The number of aliphatic hydroxyl groups excluding tert-OH is 2. The van der Waals surface area contributed by atoms with Crippen LogP contribution < -0.4 is 20.1 Å². The van der Waals surface area contributed by atoms with Crippen LogP contribution in [0.3, 0.4) is 0 Å². The van der Waals surface area contributed by atoms with Gasteiger partial charge in [-0.1, -0.05) is 13.8 Å². The van der Waals surface area contributed by atoms with Gasteiger partial charge in [-0.15, -0.1) is 0 Å². The van der Waals surface area contributed by atoms with Crippen molar-refractivity contribution < 1.29 is 64.4 Å². The highest BCUT2D eigenvalue weighted by molar-refractivity contribution is 7.91. The number of carbonyl (C=O) groups is 2. The van der Waals surface area contributed by atoms with Gasteiger partial charge in [0.1, 0.15) is 36.3 Å². The molecule has 0 spiro atoms. The van der Waals surface area contributed by atoms with Crippen LogP contribution in [0.1, 0.15) is 26.7 Å². The van der Waals surface area contributed by atoms with Crippen LogP contribution >= 0.6 is 0 Å². The van der Waals surface area contributed by atoms with Crippen molar-refractivity contribution in [2.24, 2.45) is 0 Å². The molecule has 0 saturated heterocycles. The normalized spacial score (nSPS) is 14.5. The van der Waals surface area contributed by atoms with Crippen molar-refractivity contribution in [3.8, 4) is 11.5 Å². The second-order valence-corrected chi connectivity index (χ2v) is 14.0. The highest BCUT2D eigenvalue weighted by Gasteiger charge is 2.35. The summed E-state index contributed by atoms with van der Waals surface area (Å²) in [4.78, 5) is 24.3. The number of carbonyl (C=O) groups excluding carboxylic acids is 2. The van der Waals surface area contributed by atoms with E-state index < -0.39 is 67.9 Å². The summed E-state index contributed by atoms with van der Waals surface area (Å²) < 4.78 is 95.1. The van der Waals surface area contributed by atoms with Gasteiger partial charge in [0, 0.05) is 37.7 Å². The Morgan fingerprint density at radius 2 is 1.04 bits per heavy atom. The van der Waals surface area contributed by atoms with Gasteiger partial charge in [0.25, 0.3) is 0 Å². The monoisotopic (exact) mass is 696 g/mol. The Kier molecular flexibility index (Phi) is 14.7. The van der Waals surface area contributed by atoms with E-state index in [0.29, 0.717) is 0 Å². The molecule has 0 bridgehead atoms. The smallest absolute Gasteiger partial charge is 0.339 e. The molecule has 2 aromatic rings. The second-order valence-electron chi connectivity index (χ2n) is 9.95. The third kappa shape index (κ3) is 12.8.